The average molecular weight is 262 g/mol. The van der Waals surface area contributed by atoms with Crippen LogP contribution in [0.2, 0.25) is 0 Å². The van der Waals surface area contributed by atoms with Crippen LogP contribution in [-0.4, -0.2) is 24.4 Å². The van der Waals surface area contributed by atoms with Crippen LogP contribution < -0.4 is 5.73 Å². The van der Waals surface area contributed by atoms with Gasteiger partial charge >= 0.3 is 0 Å². The van der Waals surface area contributed by atoms with Crippen LogP contribution in [0.5, 0.6) is 0 Å². The summed E-state index contributed by atoms with van der Waals surface area (Å²) >= 11 is 0. The van der Waals surface area contributed by atoms with E-state index in [9.17, 15) is 4.79 Å². The highest BCUT2D eigenvalue weighted by atomic mass is 16.2. The van der Waals surface area contributed by atoms with Crippen molar-refractivity contribution in [3.63, 3.8) is 0 Å². The van der Waals surface area contributed by atoms with E-state index in [0.29, 0.717) is 0 Å². The van der Waals surface area contributed by atoms with Gasteiger partial charge in [0.05, 0.1) is 5.41 Å². The van der Waals surface area contributed by atoms with Crippen LogP contribution in [0.1, 0.15) is 45.6 Å². The van der Waals surface area contributed by atoms with Crippen LogP contribution in [0, 0.1) is 0 Å². The van der Waals surface area contributed by atoms with Gasteiger partial charge in [0.15, 0.2) is 0 Å². The monoisotopic (exact) mass is 262 g/mol. The van der Waals surface area contributed by atoms with Gasteiger partial charge in [0.1, 0.15) is 0 Å². The molecule has 0 aliphatic heterocycles. The second-order valence-electron chi connectivity index (χ2n) is 5.68. The topological polar surface area (TPSA) is 46.3 Å². The summed E-state index contributed by atoms with van der Waals surface area (Å²) in [6.07, 6.45) is 3.40. The van der Waals surface area contributed by atoms with Gasteiger partial charge in [0.2, 0.25) is 5.91 Å². The number of nitrogens with zero attached hydrogens (tertiary/aromatic N) is 1. The predicted octanol–water partition coefficient (Wildman–Crippen LogP) is 3.20. The minimum absolute atomic E-state index is 0.161. The van der Waals surface area contributed by atoms with Gasteiger partial charge in [-0.2, -0.15) is 0 Å². The van der Waals surface area contributed by atoms with Crippen molar-refractivity contribution in [2.24, 2.45) is 0 Å². The molecule has 19 heavy (non-hydrogen) atoms. The second kappa shape index (κ2) is 6.60. The summed E-state index contributed by atoms with van der Waals surface area (Å²) in [4.78, 5) is 14.4. The molecule has 0 bridgehead atoms. The fourth-order valence-electron chi connectivity index (χ4n) is 2.20. The third kappa shape index (κ3) is 3.98. The average Bonchev–Trinajstić information content (AvgIpc) is 2.38. The number of hydrogen-bond donors (Lipinski definition) is 1. The van der Waals surface area contributed by atoms with Gasteiger partial charge in [-0.1, -0.05) is 31.9 Å². The van der Waals surface area contributed by atoms with E-state index in [2.05, 4.69) is 6.92 Å². The third-order valence-corrected chi connectivity index (χ3v) is 3.61. The second-order valence-corrected chi connectivity index (χ2v) is 5.68. The lowest BCUT2D eigenvalue weighted by Crippen LogP contribution is -2.41. The van der Waals surface area contributed by atoms with Crippen LogP contribution in [-0.2, 0) is 10.2 Å². The first-order valence-corrected chi connectivity index (χ1v) is 7.01. The molecule has 0 aliphatic carbocycles. The summed E-state index contributed by atoms with van der Waals surface area (Å²) in [6.45, 7) is 6.93. The maximum atomic E-state index is 12.5. The largest absolute Gasteiger partial charge is 0.399 e. The van der Waals surface area contributed by atoms with Crippen LogP contribution in [0.4, 0.5) is 5.69 Å². The van der Waals surface area contributed by atoms with Crippen molar-refractivity contribution in [3.05, 3.63) is 29.8 Å². The molecule has 0 radical (unpaired) electrons. The number of carbonyl (C=O) groups excluding carboxylic acids is 1. The van der Waals surface area contributed by atoms with Crippen molar-refractivity contribution in [2.45, 2.75) is 45.4 Å². The van der Waals surface area contributed by atoms with Gasteiger partial charge in [-0.05, 0) is 38.0 Å². The van der Waals surface area contributed by atoms with E-state index < -0.39 is 5.41 Å². The van der Waals surface area contributed by atoms with Gasteiger partial charge in [-0.3, -0.25) is 4.79 Å². The number of unbranched alkanes of at least 4 members (excludes halogenated alkanes) is 2. The number of nitrogen functional groups attached to an aromatic ring is 1. The first-order chi connectivity index (χ1) is 8.89. The summed E-state index contributed by atoms with van der Waals surface area (Å²) in [5.41, 5.74) is 6.92. The number of carbonyl (C=O) groups is 1. The minimum Gasteiger partial charge on any atom is -0.399 e. The SMILES string of the molecule is CCCCCN(C)C(=O)C(C)(C)c1ccc(N)cc1. The van der Waals surface area contributed by atoms with E-state index in [1.807, 2.05) is 50.1 Å². The Kier molecular flexibility index (Phi) is 5.40. The normalized spacial score (nSPS) is 11.4. The highest BCUT2D eigenvalue weighted by molar-refractivity contribution is 5.87. The van der Waals surface area contributed by atoms with E-state index in [1.165, 1.54) is 12.8 Å². The number of anilines is 1. The van der Waals surface area contributed by atoms with Gasteiger partial charge < -0.3 is 10.6 Å². The Bertz CT molecular complexity index is 409. The highest BCUT2D eigenvalue weighted by Crippen LogP contribution is 2.26. The lowest BCUT2D eigenvalue weighted by molar-refractivity contribution is -0.135. The molecule has 1 aromatic rings. The number of likely N-dealkylation sites (N-methyl/N-ethyl adjacent to an activating group) is 1. The summed E-state index contributed by atoms with van der Waals surface area (Å²) in [7, 11) is 1.89. The van der Waals surface area contributed by atoms with Crippen molar-refractivity contribution in [2.75, 3.05) is 19.3 Å². The van der Waals surface area contributed by atoms with Gasteiger partial charge in [0, 0.05) is 19.3 Å². The maximum Gasteiger partial charge on any atom is 0.232 e. The number of hydrogen-bond acceptors (Lipinski definition) is 2. The molecule has 0 spiro atoms. The lowest BCUT2D eigenvalue weighted by Gasteiger charge is -2.30. The smallest absolute Gasteiger partial charge is 0.232 e. The molecular formula is C16H26N2O. The molecule has 3 heteroatoms. The molecule has 1 amide bonds. The maximum absolute atomic E-state index is 12.5. The highest BCUT2D eigenvalue weighted by Gasteiger charge is 2.31. The molecule has 0 unspecified atom stereocenters. The van der Waals surface area contributed by atoms with Gasteiger partial charge in [-0.15, -0.1) is 0 Å². The van der Waals surface area contributed by atoms with E-state index in [-0.39, 0.29) is 5.91 Å². The van der Waals surface area contributed by atoms with Crippen molar-refractivity contribution in [1.29, 1.82) is 0 Å². The molecular weight excluding hydrogens is 236 g/mol. The molecule has 1 aromatic carbocycles. The molecule has 0 aromatic heterocycles. The Hall–Kier alpha value is -1.51. The molecule has 0 heterocycles. The Morgan fingerprint density at radius 3 is 2.32 bits per heavy atom. The van der Waals surface area contributed by atoms with Gasteiger partial charge in [0.25, 0.3) is 0 Å². The summed E-state index contributed by atoms with van der Waals surface area (Å²) in [6, 6.07) is 7.57. The Balaban J connectivity index is 2.75. The number of amides is 1. The van der Waals surface area contributed by atoms with E-state index in [4.69, 9.17) is 5.73 Å². The first-order valence-electron chi connectivity index (χ1n) is 7.01. The van der Waals surface area contributed by atoms with Crippen LogP contribution in [0.25, 0.3) is 0 Å². The Morgan fingerprint density at radius 2 is 1.79 bits per heavy atom. The molecule has 0 aliphatic rings. The standard InChI is InChI=1S/C16H26N2O/c1-5-6-7-12-18(4)15(19)16(2,3)13-8-10-14(17)11-9-13/h8-11H,5-7,12,17H2,1-4H3. The van der Waals surface area contributed by atoms with E-state index >= 15 is 0 Å². The Labute approximate surface area is 116 Å². The molecule has 2 N–H and O–H groups in total. The summed E-state index contributed by atoms with van der Waals surface area (Å²) in [5.74, 6) is 0.161. The third-order valence-electron chi connectivity index (χ3n) is 3.61. The van der Waals surface area contributed by atoms with E-state index in [1.54, 1.807) is 0 Å². The molecule has 106 valence electrons. The molecule has 1 rings (SSSR count). The number of rotatable bonds is 6. The van der Waals surface area contributed by atoms with Crippen molar-refractivity contribution in [1.82, 2.24) is 4.90 Å². The molecule has 0 saturated carbocycles. The van der Waals surface area contributed by atoms with Crippen LogP contribution in [0.15, 0.2) is 24.3 Å². The fraction of sp³-hybridized carbons (Fsp3) is 0.562. The van der Waals surface area contributed by atoms with Crippen molar-refractivity contribution in [3.8, 4) is 0 Å². The van der Waals surface area contributed by atoms with Crippen LogP contribution >= 0.6 is 0 Å². The zero-order valence-corrected chi connectivity index (χ0v) is 12.6. The fourth-order valence-corrected chi connectivity index (χ4v) is 2.20. The van der Waals surface area contributed by atoms with Gasteiger partial charge in [-0.25, -0.2) is 0 Å². The molecule has 0 atom stereocenters. The first kappa shape index (κ1) is 15.5. The van der Waals surface area contributed by atoms with Crippen molar-refractivity contribution >= 4 is 11.6 Å². The Morgan fingerprint density at radius 1 is 1.21 bits per heavy atom. The summed E-state index contributed by atoms with van der Waals surface area (Å²) < 4.78 is 0. The zero-order chi connectivity index (χ0) is 14.5. The molecule has 3 nitrogen and oxygen atoms in total. The minimum atomic E-state index is -0.505. The van der Waals surface area contributed by atoms with Crippen LogP contribution in [0.3, 0.4) is 0 Å². The van der Waals surface area contributed by atoms with E-state index in [0.717, 1.165) is 24.2 Å². The van der Waals surface area contributed by atoms with Crippen molar-refractivity contribution < 1.29 is 4.79 Å². The summed E-state index contributed by atoms with van der Waals surface area (Å²) in [5, 5.41) is 0. The number of benzene rings is 1. The lowest BCUT2D eigenvalue weighted by atomic mass is 9.83. The predicted molar refractivity (Wildman–Crippen MR) is 81.0 cm³/mol. The molecule has 0 fully saturated rings. The quantitative estimate of drug-likeness (QED) is 0.632. The number of nitrogens with two attached hydrogens (primary N) is 1. The zero-order valence-electron chi connectivity index (χ0n) is 12.6. The molecule has 0 saturated heterocycles.